The topological polar surface area (TPSA) is 86.7 Å². The summed E-state index contributed by atoms with van der Waals surface area (Å²) < 4.78 is 14.4. The second-order valence-electron chi connectivity index (χ2n) is 4.71. The normalized spacial score (nSPS) is 10.7. The molecule has 0 saturated heterocycles. The number of hydrogen-bond donors (Lipinski definition) is 0. The predicted molar refractivity (Wildman–Crippen MR) is 80.4 cm³/mol. The van der Waals surface area contributed by atoms with Crippen LogP contribution in [0.15, 0.2) is 42.5 Å². The highest BCUT2D eigenvalue weighted by molar-refractivity contribution is 6.33. The molecule has 0 bridgehead atoms. The summed E-state index contributed by atoms with van der Waals surface area (Å²) in [4.78, 5) is 10.2. The Bertz CT molecular complexity index is 866. The molecule has 1 heterocycles. The zero-order valence-electron chi connectivity index (χ0n) is 11.6. The highest BCUT2D eigenvalue weighted by Gasteiger charge is 2.16. The third-order valence-electron chi connectivity index (χ3n) is 3.18. The van der Waals surface area contributed by atoms with Gasteiger partial charge in [0.05, 0.1) is 16.5 Å². The molecule has 0 spiro atoms. The number of aromatic nitrogens is 4. The van der Waals surface area contributed by atoms with Gasteiger partial charge in [0.15, 0.2) is 5.82 Å². The standard InChI is InChI=1S/C14H9ClFN5O2/c15-13-7-11(21(22)23)5-6-12(13)14-17-18-19-20(14)8-9-1-3-10(16)4-2-9/h1-7H,8H2. The maximum absolute atomic E-state index is 12.9. The van der Waals surface area contributed by atoms with Crippen LogP contribution >= 0.6 is 11.6 Å². The summed E-state index contributed by atoms with van der Waals surface area (Å²) in [5.41, 5.74) is 1.17. The van der Waals surface area contributed by atoms with Crippen LogP contribution in [0.3, 0.4) is 0 Å². The van der Waals surface area contributed by atoms with Gasteiger partial charge in [0, 0.05) is 17.7 Å². The Morgan fingerprint density at radius 2 is 1.96 bits per heavy atom. The Morgan fingerprint density at radius 1 is 1.22 bits per heavy atom. The molecule has 0 atom stereocenters. The van der Waals surface area contributed by atoms with Crippen molar-refractivity contribution >= 4 is 17.3 Å². The first-order chi connectivity index (χ1) is 11.0. The Hall–Kier alpha value is -2.87. The van der Waals surface area contributed by atoms with Crippen LogP contribution in [0.25, 0.3) is 11.4 Å². The molecule has 3 rings (SSSR count). The maximum atomic E-state index is 12.9. The molecule has 7 nitrogen and oxygen atoms in total. The van der Waals surface area contributed by atoms with Crippen molar-refractivity contribution in [2.45, 2.75) is 6.54 Å². The number of rotatable bonds is 4. The molecule has 0 N–H and O–H groups in total. The second-order valence-corrected chi connectivity index (χ2v) is 5.12. The lowest BCUT2D eigenvalue weighted by Gasteiger charge is -2.06. The number of nitrogens with zero attached hydrogens (tertiary/aromatic N) is 5. The van der Waals surface area contributed by atoms with Crippen molar-refractivity contribution in [1.82, 2.24) is 20.2 Å². The molecular formula is C14H9ClFN5O2. The fraction of sp³-hybridized carbons (Fsp3) is 0.0714. The molecule has 23 heavy (non-hydrogen) atoms. The van der Waals surface area contributed by atoms with Crippen LogP contribution in [-0.4, -0.2) is 25.1 Å². The van der Waals surface area contributed by atoms with Crippen molar-refractivity contribution < 1.29 is 9.31 Å². The fourth-order valence-electron chi connectivity index (χ4n) is 2.07. The van der Waals surface area contributed by atoms with E-state index >= 15 is 0 Å². The summed E-state index contributed by atoms with van der Waals surface area (Å²) in [5.74, 6) is 0.0401. The maximum Gasteiger partial charge on any atom is 0.270 e. The van der Waals surface area contributed by atoms with E-state index in [1.807, 2.05) is 0 Å². The van der Waals surface area contributed by atoms with Crippen LogP contribution < -0.4 is 0 Å². The SMILES string of the molecule is O=[N+]([O-])c1ccc(-c2nnnn2Cc2ccc(F)cc2)c(Cl)c1. The van der Waals surface area contributed by atoms with Gasteiger partial charge in [-0.25, -0.2) is 9.07 Å². The quantitative estimate of drug-likeness (QED) is 0.541. The Kier molecular flexibility index (Phi) is 3.98. The van der Waals surface area contributed by atoms with E-state index in [9.17, 15) is 14.5 Å². The molecule has 0 aliphatic carbocycles. The molecule has 0 saturated carbocycles. The van der Waals surface area contributed by atoms with E-state index in [1.54, 1.807) is 12.1 Å². The molecule has 116 valence electrons. The van der Waals surface area contributed by atoms with Crippen molar-refractivity contribution in [3.05, 3.63) is 69.0 Å². The molecule has 1 aromatic heterocycles. The minimum absolute atomic E-state index is 0.115. The van der Waals surface area contributed by atoms with Gasteiger partial charge < -0.3 is 0 Å². The van der Waals surface area contributed by atoms with E-state index in [0.29, 0.717) is 17.9 Å². The molecule has 0 aliphatic heterocycles. The Labute approximate surface area is 134 Å². The summed E-state index contributed by atoms with van der Waals surface area (Å²) in [5, 5.41) is 22.3. The van der Waals surface area contributed by atoms with Crippen LogP contribution in [-0.2, 0) is 6.54 Å². The largest absolute Gasteiger partial charge is 0.270 e. The smallest absolute Gasteiger partial charge is 0.258 e. The predicted octanol–water partition coefficient (Wildman–Crippen LogP) is 3.09. The minimum atomic E-state index is -0.531. The molecule has 3 aromatic rings. The van der Waals surface area contributed by atoms with E-state index in [2.05, 4.69) is 15.5 Å². The van der Waals surface area contributed by atoms with Crippen molar-refractivity contribution in [1.29, 1.82) is 0 Å². The summed E-state index contributed by atoms with van der Waals surface area (Å²) in [6.45, 7) is 0.315. The van der Waals surface area contributed by atoms with Gasteiger partial charge in [-0.05, 0) is 34.2 Å². The van der Waals surface area contributed by atoms with Crippen molar-refractivity contribution in [3.8, 4) is 11.4 Å². The van der Waals surface area contributed by atoms with Crippen molar-refractivity contribution in [2.75, 3.05) is 0 Å². The van der Waals surface area contributed by atoms with E-state index in [0.717, 1.165) is 5.56 Å². The van der Waals surface area contributed by atoms with E-state index in [4.69, 9.17) is 11.6 Å². The highest BCUT2D eigenvalue weighted by atomic mass is 35.5. The van der Waals surface area contributed by atoms with E-state index in [1.165, 1.54) is 35.0 Å². The van der Waals surface area contributed by atoms with Gasteiger partial charge in [0.2, 0.25) is 0 Å². The summed E-state index contributed by atoms with van der Waals surface area (Å²) in [6, 6.07) is 10.0. The number of hydrogen-bond acceptors (Lipinski definition) is 5. The number of nitro benzene ring substituents is 1. The average molecular weight is 334 g/mol. The van der Waals surface area contributed by atoms with Gasteiger partial charge in [-0.3, -0.25) is 10.1 Å². The molecule has 0 amide bonds. The summed E-state index contributed by atoms with van der Waals surface area (Å²) >= 11 is 6.10. The van der Waals surface area contributed by atoms with Crippen molar-refractivity contribution in [3.63, 3.8) is 0 Å². The van der Waals surface area contributed by atoms with Gasteiger partial charge in [0.25, 0.3) is 5.69 Å². The first-order valence-corrected chi connectivity index (χ1v) is 6.87. The highest BCUT2D eigenvalue weighted by Crippen LogP contribution is 2.29. The number of halogens is 2. The van der Waals surface area contributed by atoms with Crippen LogP contribution in [0.1, 0.15) is 5.56 Å². The zero-order valence-corrected chi connectivity index (χ0v) is 12.3. The van der Waals surface area contributed by atoms with Crippen molar-refractivity contribution in [2.24, 2.45) is 0 Å². The first-order valence-electron chi connectivity index (χ1n) is 6.49. The minimum Gasteiger partial charge on any atom is -0.258 e. The molecule has 9 heteroatoms. The number of non-ortho nitro benzene ring substituents is 1. The lowest BCUT2D eigenvalue weighted by Crippen LogP contribution is -2.05. The van der Waals surface area contributed by atoms with Crippen LogP contribution in [0, 0.1) is 15.9 Å². The van der Waals surface area contributed by atoms with E-state index < -0.39 is 4.92 Å². The van der Waals surface area contributed by atoms with Gasteiger partial charge in [0.1, 0.15) is 5.82 Å². The lowest BCUT2D eigenvalue weighted by molar-refractivity contribution is -0.384. The lowest BCUT2D eigenvalue weighted by atomic mass is 10.2. The van der Waals surface area contributed by atoms with Crippen LogP contribution in [0.2, 0.25) is 5.02 Å². The zero-order chi connectivity index (χ0) is 16.4. The van der Waals surface area contributed by atoms with Crippen LogP contribution in [0.5, 0.6) is 0 Å². The summed E-state index contributed by atoms with van der Waals surface area (Å²) in [6.07, 6.45) is 0. The van der Waals surface area contributed by atoms with E-state index in [-0.39, 0.29) is 16.5 Å². The molecule has 0 unspecified atom stereocenters. The van der Waals surface area contributed by atoms with Gasteiger partial charge >= 0.3 is 0 Å². The molecule has 0 fully saturated rings. The van der Waals surface area contributed by atoms with Gasteiger partial charge in [-0.1, -0.05) is 23.7 Å². The van der Waals surface area contributed by atoms with Crippen LogP contribution in [0.4, 0.5) is 10.1 Å². The monoisotopic (exact) mass is 333 g/mol. The Morgan fingerprint density at radius 3 is 2.61 bits per heavy atom. The molecular weight excluding hydrogens is 325 g/mol. The molecule has 0 aliphatic rings. The first kappa shape index (κ1) is 15.0. The third kappa shape index (κ3) is 3.16. The molecule has 2 aromatic carbocycles. The van der Waals surface area contributed by atoms with Gasteiger partial charge in [-0.15, -0.1) is 5.10 Å². The number of nitro groups is 1. The van der Waals surface area contributed by atoms with Gasteiger partial charge in [-0.2, -0.15) is 0 Å². The summed E-state index contributed by atoms with van der Waals surface area (Å²) in [7, 11) is 0. The number of benzene rings is 2. The fourth-order valence-corrected chi connectivity index (χ4v) is 2.33. The molecule has 0 radical (unpaired) electrons. The Balaban J connectivity index is 1.94. The number of tetrazole rings is 1. The second kappa shape index (κ2) is 6.09. The third-order valence-corrected chi connectivity index (χ3v) is 3.49. The average Bonchev–Trinajstić information content (AvgIpc) is 2.97.